The average molecular weight is 288 g/mol. The SMILES string of the molecule is N#CSc1ccc[cH-]1.[Ru+2].c1cc[cH-]c1. The van der Waals surface area contributed by atoms with Crippen LogP contribution in [0.5, 0.6) is 0 Å². The molecule has 0 fully saturated rings. The molecule has 0 bridgehead atoms. The second-order valence-corrected chi connectivity index (χ2v) is 3.13. The molecule has 72 valence electrons. The molecular formula is C11H9NRuS. The quantitative estimate of drug-likeness (QED) is 0.348. The van der Waals surface area contributed by atoms with Crippen molar-refractivity contribution in [2.45, 2.75) is 4.90 Å². The standard InChI is InChI=1S/C6H4NS.C5H5.Ru/c7-5-8-6-3-1-2-4-6;1-2-4-5-3-1;/h1-4H;1-5H;/q2*-1;+2. The molecule has 0 spiro atoms. The molecule has 0 atom stereocenters. The topological polar surface area (TPSA) is 23.8 Å². The first-order chi connectivity index (χ1) is 6.43. The fourth-order valence-corrected chi connectivity index (χ4v) is 1.20. The molecule has 0 aromatic heterocycles. The molecule has 0 N–H and O–H groups in total. The van der Waals surface area contributed by atoms with E-state index in [1.165, 1.54) is 11.8 Å². The van der Waals surface area contributed by atoms with Crippen molar-refractivity contribution in [3.8, 4) is 5.40 Å². The summed E-state index contributed by atoms with van der Waals surface area (Å²) in [5.41, 5.74) is 0. The van der Waals surface area contributed by atoms with E-state index in [4.69, 9.17) is 5.26 Å². The number of hydrogen-bond acceptors (Lipinski definition) is 2. The van der Waals surface area contributed by atoms with Crippen LogP contribution in [0.25, 0.3) is 0 Å². The van der Waals surface area contributed by atoms with E-state index in [-0.39, 0.29) is 19.5 Å². The van der Waals surface area contributed by atoms with Crippen molar-refractivity contribution >= 4 is 11.8 Å². The van der Waals surface area contributed by atoms with Crippen LogP contribution in [0.4, 0.5) is 0 Å². The van der Waals surface area contributed by atoms with Crippen molar-refractivity contribution in [2.75, 3.05) is 0 Å². The fraction of sp³-hybridized carbons (Fsp3) is 0. The Morgan fingerprint density at radius 3 is 2.21 bits per heavy atom. The van der Waals surface area contributed by atoms with Crippen LogP contribution in [0.15, 0.2) is 59.5 Å². The number of hydrogen-bond donors (Lipinski definition) is 0. The summed E-state index contributed by atoms with van der Waals surface area (Å²) in [6, 6.07) is 17.7. The minimum atomic E-state index is 0. The summed E-state index contributed by atoms with van der Waals surface area (Å²) in [7, 11) is 0. The van der Waals surface area contributed by atoms with Gasteiger partial charge in [-0.05, 0) is 11.8 Å². The Bertz CT molecular complexity index is 315. The van der Waals surface area contributed by atoms with Crippen LogP contribution in [-0.4, -0.2) is 0 Å². The van der Waals surface area contributed by atoms with Gasteiger partial charge in [-0.2, -0.15) is 41.7 Å². The van der Waals surface area contributed by atoms with Crippen molar-refractivity contribution in [2.24, 2.45) is 0 Å². The van der Waals surface area contributed by atoms with Gasteiger partial charge in [-0.3, -0.25) is 0 Å². The van der Waals surface area contributed by atoms with Crippen molar-refractivity contribution in [1.29, 1.82) is 5.26 Å². The number of thioether (sulfide) groups is 1. The smallest absolute Gasteiger partial charge is 0.214 e. The number of rotatable bonds is 1. The monoisotopic (exact) mass is 289 g/mol. The molecule has 2 aromatic carbocycles. The summed E-state index contributed by atoms with van der Waals surface area (Å²) in [5.74, 6) is 0. The van der Waals surface area contributed by atoms with Gasteiger partial charge in [0.25, 0.3) is 0 Å². The predicted molar refractivity (Wildman–Crippen MR) is 55.5 cm³/mol. The van der Waals surface area contributed by atoms with E-state index in [1.807, 2.05) is 60.0 Å². The van der Waals surface area contributed by atoms with Gasteiger partial charge in [-0.15, -0.1) is 0 Å². The van der Waals surface area contributed by atoms with Crippen molar-refractivity contribution in [1.82, 2.24) is 0 Å². The third-order valence-electron chi connectivity index (χ3n) is 1.35. The Balaban J connectivity index is 0.000000246. The maximum absolute atomic E-state index is 8.15. The number of nitrogens with zero attached hydrogens (tertiary/aromatic N) is 1. The Hall–Kier alpha value is -0.837. The maximum atomic E-state index is 8.15. The molecule has 14 heavy (non-hydrogen) atoms. The van der Waals surface area contributed by atoms with Crippen LogP contribution in [0.3, 0.4) is 0 Å². The van der Waals surface area contributed by atoms with Gasteiger partial charge < -0.3 is 0 Å². The summed E-state index contributed by atoms with van der Waals surface area (Å²) >= 11 is 1.19. The van der Waals surface area contributed by atoms with E-state index in [9.17, 15) is 0 Å². The summed E-state index contributed by atoms with van der Waals surface area (Å²) in [6.07, 6.45) is 0. The van der Waals surface area contributed by atoms with Gasteiger partial charge >= 0.3 is 19.5 Å². The Kier molecular flexibility index (Phi) is 8.23. The Morgan fingerprint density at radius 2 is 1.86 bits per heavy atom. The average Bonchev–Trinajstić information content (AvgIpc) is 2.79. The van der Waals surface area contributed by atoms with E-state index in [1.54, 1.807) is 0 Å². The predicted octanol–water partition coefficient (Wildman–Crippen LogP) is 3.38. The number of nitriles is 1. The molecule has 3 heteroatoms. The first-order valence-electron chi connectivity index (χ1n) is 3.88. The minimum absolute atomic E-state index is 0. The Labute approximate surface area is 101 Å². The first kappa shape index (κ1) is 13.2. The number of thiocyanates is 1. The molecule has 0 saturated carbocycles. The van der Waals surface area contributed by atoms with Gasteiger partial charge in [0.05, 0.1) is 0 Å². The van der Waals surface area contributed by atoms with Gasteiger partial charge in [0, 0.05) is 0 Å². The van der Waals surface area contributed by atoms with Gasteiger partial charge in [0.1, 0.15) is 5.40 Å². The zero-order valence-corrected chi connectivity index (χ0v) is 9.96. The summed E-state index contributed by atoms with van der Waals surface area (Å²) in [6.45, 7) is 0. The van der Waals surface area contributed by atoms with Crippen LogP contribution in [0.1, 0.15) is 0 Å². The van der Waals surface area contributed by atoms with Crippen LogP contribution in [0.2, 0.25) is 0 Å². The molecule has 0 aliphatic rings. The largest absolute Gasteiger partial charge is 2.00 e. The van der Waals surface area contributed by atoms with E-state index in [0.29, 0.717) is 0 Å². The molecule has 2 aromatic rings. The van der Waals surface area contributed by atoms with Gasteiger partial charge in [-0.1, -0.05) is 4.90 Å². The third kappa shape index (κ3) is 5.75. The van der Waals surface area contributed by atoms with Crippen molar-refractivity contribution in [3.05, 3.63) is 54.6 Å². The second kappa shape index (κ2) is 8.75. The van der Waals surface area contributed by atoms with Crippen LogP contribution in [-0.2, 0) is 19.5 Å². The van der Waals surface area contributed by atoms with E-state index >= 15 is 0 Å². The summed E-state index contributed by atoms with van der Waals surface area (Å²) < 4.78 is 0. The molecule has 2 rings (SSSR count). The maximum Gasteiger partial charge on any atom is 2.00 e. The van der Waals surface area contributed by atoms with E-state index in [0.717, 1.165) is 4.90 Å². The molecule has 1 nitrogen and oxygen atoms in total. The molecular weight excluding hydrogens is 279 g/mol. The van der Waals surface area contributed by atoms with Gasteiger partial charge in [0.15, 0.2) is 0 Å². The van der Waals surface area contributed by atoms with Crippen molar-refractivity contribution in [3.63, 3.8) is 0 Å². The molecule has 0 aliphatic heterocycles. The van der Waals surface area contributed by atoms with Gasteiger partial charge in [0.2, 0.25) is 0 Å². The molecule has 0 heterocycles. The Morgan fingerprint density at radius 1 is 1.14 bits per heavy atom. The van der Waals surface area contributed by atoms with E-state index < -0.39 is 0 Å². The fourth-order valence-electron chi connectivity index (χ4n) is 0.798. The van der Waals surface area contributed by atoms with Crippen LogP contribution in [0, 0.1) is 10.7 Å². The van der Waals surface area contributed by atoms with E-state index in [2.05, 4.69) is 0 Å². The zero-order chi connectivity index (χ0) is 9.36. The van der Waals surface area contributed by atoms with Gasteiger partial charge in [-0.25, -0.2) is 18.2 Å². The van der Waals surface area contributed by atoms with Crippen LogP contribution >= 0.6 is 11.8 Å². The molecule has 0 aliphatic carbocycles. The van der Waals surface area contributed by atoms with Crippen LogP contribution < -0.4 is 0 Å². The summed E-state index contributed by atoms with van der Waals surface area (Å²) in [5, 5.41) is 10.1. The minimum Gasteiger partial charge on any atom is -0.214 e. The van der Waals surface area contributed by atoms with Crippen molar-refractivity contribution < 1.29 is 19.5 Å². The normalized spacial score (nSPS) is 7.64. The zero-order valence-electron chi connectivity index (χ0n) is 7.41. The third-order valence-corrected chi connectivity index (χ3v) is 1.95. The molecule has 0 saturated heterocycles. The molecule has 0 amide bonds. The first-order valence-corrected chi connectivity index (χ1v) is 4.69. The molecule has 0 radical (unpaired) electrons. The summed E-state index contributed by atoms with van der Waals surface area (Å²) in [4.78, 5) is 1.02. The molecule has 0 unspecified atom stereocenters. The second-order valence-electron chi connectivity index (χ2n) is 2.28.